The van der Waals surface area contributed by atoms with Crippen molar-refractivity contribution in [2.24, 2.45) is 12.8 Å². The van der Waals surface area contributed by atoms with Crippen LogP contribution in [0.25, 0.3) is 0 Å². The molecule has 0 spiro atoms. The van der Waals surface area contributed by atoms with E-state index in [9.17, 15) is 0 Å². The number of rotatable bonds is 4. The summed E-state index contributed by atoms with van der Waals surface area (Å²) in [6.45, 7) is 0.263. The Kier molecular flexibility index (Phi) is 2.97. The van der Waals surface area contributed by atoms with E-state index in [-0.39, 0.29) is 6.54 Å². The lowest BCUT2D eigenvalue weighted by atomic mass is 10.6. The summed E-state index contributed by atoms with van der Waals surface area (Å²) in [6, 6.07) is 0. The van der Waals surface area contributed by atoms with E-state index in [4.69, 9.17) is 10.2 Å². The molecule has 0 unspecified atom stereocenters. The van der Waals surface area contributed by atoms with Gasteiger partial charge in [0, 0.05) is 19.0 Å². The zero-order chi connectivity index (χ0) is 10.7. The van der Waals surface area contributed by atoms with Gasteiger partial charge in [-0.2, -0.15) is 0 Å². The summed E-state index contributed by atoms with van der Waals surface area (Å²) in [7, 11) is 1.82. The number of nitrogens with zero attached hydrogens (tertiary/aromatic N) is 5. The van der Waals surface area contributed by atoms with E-state index in [0.29, 0.717) is 16.9 Å². The Bertz CT molecular complexity index is 438. The van der Waals surface area contributed by atoms with Crippen molar-refractivity contribution in [1.29, 1.82) is 0 Å². The lowest BCUT2D eigenvalue weighted by molar-refractivity contribution is 0.414. The molecular formula is C7H10N6OS. The standard InChI is InChI=1S/C7H10N6OS/c1-13-3-5(9-12-13)4-15-7-11-10-6(2-8)14-7/h3H,2,4,8H2,1H3. The fraction of sp³-hybridized carbons (Fsp3) is 0.429. The molecule has 2 aromatic rings. The van der Waals surface area contributed by atoms with Gasteiger partial charge in [-0.25, -0.2) is 0 Å². The predicted molar refractivity (Wildman–Crippen MR) is 52.8 cm³/mol. The molecule has 80 valence electrons. The van der Waals surface area contributed by atoms with Gasteiger partial charge in [-0.3, -0.25) is 4.68 Å². The first-order valence-corrected chi connectivity index (χ1v) is 5.27. The van der Waals surface area contributed by atoms with E-state index >= 15 is 0 Å². The summed E-state index contributed by atoms with van der Waals surface area (Å²) >= 11 is 1.41. The maximum atomic E-state index is 5.34. The third kappa shape index (κ3) is 2.54. The van der Waals surface area contributed by atoms with Crippen LogP contribution in [0.1, 0.15) is 11.6 Å². The molecule has 7 nitrogen and oxygen atoms in total. The Morgan fingerprint density at radius 3 is 2.93 bits per heavy atom. The van der Waals surface area contributed by atoms with Crippen LogP contribution < -0.4 is 5.73 Å². The van der Waals surface area contributed by atoms with E-state index in [0.717, 1.165) is 5.69 Å². The Morgan fingerprint density at radius 1 is 1.47 bits per heavy atom. The molecule has 2 rings (SSSR count). The van der Waals surface area contributed by atoms with Gasteiger partial charge in [0.1, 0.15) is 0 Å². The van der Waals surface area contributed by atoms with Crippen LogP contribution in [0.15, 0.2) is 15.8 Å². The van der Waals surface area contributed by atoms with Crippen molar-refractivity contribution in [3.63, 3.8) is 0 Å². The maximum Gasteiger partial charge on any atom is 0.277 e. The molecule has 15 heavy (non-hydrogen) atoms. The summed E-state index contributed by atoms with van der Waals surface area (Å²) in [4.78, 5) is 0. The first kappa shape index (κ1) is 10.1. The molecule has 0 saturated carbocycles. The number of aromatic nitrogens is 5. The van der Waals surface area contributed by atoms with Gasteiger partial charge in [-0.05, 0) is 0 Å². The van der Waals surface area contributed by atoms with Crippen LogP contribution in [0.5, 0.6) is 0 Å². The number of thioether (sulfide) groups is 1. The minimum atomic E-state index is 0.263. The van der Waals surface area contributed by atoms with E-state index < -0.39 is 0 Å². The van der Waals surface area contributed by atoms with Crippen molar-refractivity contribution >= 4 is 11.8 Å². The normalized spacial score (nSPS) is 10.8. The van der Waals surface area contributed by atoms with Gasteiger partial charge in [0.15, 0.2) is 0 Å². The highest BCUT2D eigenvalue weighted by Gasteiger charge is 2.06. The molecule has 0 amide bonds. The predicted octanol–water partition coefficient (Wildman–Crippen LogP) is -0.0509. The fourth-order valence-corrected chi connectivity index (χ4v) is 1.63. The number of aryl methyl sites for hydroxylation is 1. The summed E-state index contributed by atoms with van der Waals surface area (Å²) in [5.41, 5.74) is 6.21. The number of nitrogens with two attached hydrogens (primary N) is 1. The van der Waals surface area contributed by atoms with E-state index in [1.54, 1.807) is 4.68 Å². The largest absolute Gasteiger partial charge is 0.415 e. The molecule has 0 atom stereocenters. The Labute approximate surface area is 90.0 Å². The van der Waals surface area contributed by atoms with Crippen LogP contribution in [0.2, 0.25) is 0 Å². The summed E-state index contributed by atoms with van der Waals surface area (Å²) < 4.78 is 6.87. The zero-order valence-electron chi connectivity index (χ0n) is 8.12. The van der Waals surface area contributed by atoms with Crippen molar-refractivity contribution in [3.8, 4) is 0 Å². The van der Waals surface area contributed by atoms with Crippen LogP contribution in [-0.2, 0) is 19.3 Å². The van der Waals surface area contributed by atoms with E-state index in [1.807, 2.05) is 13.2 Å². The SMILES string of the molecule is Cn1cc(CSc2nnc(CN)o2)nn1. The Balaban J connectivity index is 1.93. The van der Waals surface area contributed by atoms with Gasteiger partial charge in [0.25, 0.3) is 5.22 Å². The molecule has 0 aliphatic carbocycles. The van der Waals surface area contributed by atoms with Crippen molar-refractivity contribution in [3.05, 3.63) is 17.8 Å². The molecule has 0 bridgehead atoms. The molecular weight excluding hydrogens is 216 g/mol. The van der Waals surface area contributed by atoms with Crippen LogP contribution >= 0.6 is 11.8 Å². The highest BCUT2D eigenvalue weighted by Crippen LogP contribution is 2.19. The Morgan fingerprint density at radius 2 is 2.33 bits per heavy atom. The summed E-state index contributed by atoms with van der Waals surface area (Å²) in [6.07, 6.45) is 1.84. The second kappa shape index (κ2) is 4.41. The van der Waals surface area contributed by atoms with Crippen molar-refractivity contribution in [2.45, 2.75) is 17.5 Å². The number of hydrogen-bond acceptors (Lipinski definition) is 7. The van der Waals surface area contributed by atoms with Gasteiger partial charge in [-0.1, -0.05) is 17.0 Å². The van der Waals surface area contributed by atoms with Crippen molar-refractivity contribution in [1.82, 2.24) is 25.2 Å². The average molecular weight is 226 g/mol. The first-order valence-electron chi connectivity index (χ1n) is 4.28. The van der Waals surface area contributed by atoms with Crippen LogP contribution in [0, 0.1) is 0 Å². The fourth-order valence-electron chi connectivity index (χ4n) is 0.976. The van der Waals surface area contributed by atoms with Gasteiger partial charge in [0.2, 0.25) is 5.89 Å². The molecule has 2 aromatic heterocycles. The minimum absolute atomic E-state index is 0.263. The van der Waals surface area contributed by atoms with Gasteiger partial charge in [0.05, 0.1) is 12.2 Å². The van der Waals surface area contributed by atoms with Crippen molar-refractivity contribution in [2.75, 3.05) is 0 Å². The molecule has 0 saturated heterocycles. The smallest absolute Gasteiger partial charge is 0.277 e. The van der Waals surface area contributed by atoms with E-state index in [2.05, 4.69) is 20.5 Å². The average Bonchev–Trinajstić information content (AvgIpc) is 2.83. The van der Waals surface area contributed by atoms with Crippen LogP contribution in [0.3, 0.4) is 0 Å². The zero-order valence-corrected chi connectivity index (χ0v) is 8.94. The quantitative estimate of drug-likeness (QED) is 0.730. The highest BCUT2D eigenvalue weighted by atomic mass is 32.2. The molecule has 0 radical (unpaired) electrons. The van der Waals surface area contributed by atoms with Gasteiger partial charge < -0.3 is 10.2 Å². The third-order valence-corrected chi connectivity index (χ3v) is 2.47. The Hall–Kier alpha value is -1.41. The summed E-state index contributed by atoms with van der Waals surface area (Å²) in [5.74, 6) is 1.09. The highest BCUT2D eigenvalue weighted by molar-refractivity contribution is 7.98. The third-order valence-electron chi connectivity index (χ3n) is 1.62. The van der Waals surface area contributed by atoms with Gasteiger partial charge in [-0.15, -0.1) is 15.3 Å². The van der Waals surface area contributed by atoms with Gasteiger partial charge >= 0.3 is 0 Å². The molecule has 0 aromatic carbocycles. The monoisotopic (exact) mass is 226 g/mol. The molecule has 0 aliphatic heterocycles. The molecule has 2 N–H and O–H groups in total. The van der Waals surface area contributed by atoms with Crippen LogP contribution in [-0.4, -0.2) is 25.2 Å². The number of hydrogen-bond donors (Lipinski definition) is 1. The molecule has 0 fully saturated rings. The summed E-state index contributed by atoms with van der Waals surface area (Å²) in [5, 5.41) is 15.8. The topological polar surface area (TPSA) is 95.7 Å². The first-order chi connectivity index (χ1) is 7.28. The molecule has 0 aliphatic rings. The van der Waals surface area contributed by atoms with Crippen LogP contribution in [0.4, 0.5) is 0 Å². The minimum Gasteiger partial charge on any atom is -0.415 e. The van der Waals surface area contributed by atoms with Crippen molar-refractivity contribution < 1.29 is 4.42 Å². The second-order valence-corrected chi connectivity index (χ2v) is 3.76. The lowest BCUT2D eigenvalue weighted by Gasteiger charge is -1.89. The maximum absolute atomic E-state index is 5.34. The molecule has 2 heterocycles. The second-order valence-electron chi connectivity index (χ2n) is 2.84. The van der Waals surface area contributed by atoms with E-state index in [1.165, 1.54) is 11.8 Å². The lowest BCUT2D eigenvalue weighted by Crippen LogP contribution is -1.95. The molecule has 8 heteroatoms.